The van der Waals surface area contributed by atoms with Gasteiger partial charge in [0.05, 0.1) is 6.10 Å². The van der Waals surface area contributed by atoms with E-state index in [9.17, 15) is 4.79 Å². The Bertz CT molecular complexity index is 1100. The summed E-state index contributed by atoms with van der Waals surface area (Å²) in [6.07, 6.45) is 7.35. The van der Waals surface area contributed by atoms with Crippen LogP contribution in [0.15, 0.2) is 22.6 Å². The van der Waals surface area contributed by atoms with E-state index in [1.54, 1.807) is 18.9 Å². The molecule has 0 radical (unpaired) electrons. The van der Waals surface area contributed by atoms with Gasteiger partial charge < -0.3 is 14.5 Å². The van der Waals surface area contributed by atoms with Crippen LogP contribution >= 0.6 is 12.2 Å². The highest BCUT2D eigenvalue weighted by molar-refractivity contribution is 7.80. The van der Waals surface area contributed by atoms with Crippen LogP contribution in [0.3, 0.4) is 0 Å². The minimum Gasteiger partial charge on any atom is -0.424 e. The second-order valence-corrected chi connectivity index (χ2v) is 10.3. The number of nitrogens with zero attached hydrogens (tertiary/aromatic N) is 3. The zero-order valence-corrected chi connectivity index (χ0v) is 19.3. The number of methoxy groups -OCH3 is 1. The van der Waals surface area contributed by atoms with Crippen LogP contribution in [0.5, 0.6) is 0 Å². The van der Waals surface area contributed by atoms with E-state index in [4.69, 9.17) is 21.4 Å². The Labute approximate surface area is 192 Å². The molecule has 1 aliphatic heterocycles. The standard InChI is InChI=1S/C24H28N4O3S/c1-14-26-27-20(31-14)13-28-21(29)24(25-22(28)32)19-11-16(15-3-4-15)5-6-17(19)12-23(24)9-7-18(30-2)8-10-23/h5-6,11,15,18H,3-4,7-10,12-13H2,1-2H3,(H,25,32). The fraction of sp³-hybridized carbons (Fsp3) is 0.583. The van der Waals surface area contributed by atoms with Crippen molar-refractivity contribution in [3.63, 3.8) is 0 Å². The van der Waals surface area contributed by atoms with E-state index in [1.165, 1.54) is 24.0 Å². The molecule has 1 atom stereocenters. The first-order valence-corrected chi connectivity index (χ1v) is 12.0. The first kappa shape index (κ1) is 20.3. The van der Waals surface area contributed by atoms with Gasteiger partial charge in [0.1, 0.15) is 6.54 Å². The summed E-state index contributed by atoms with van der Waals surface area (Å²) in [6, 6.07) is 6.81. The zero-order chi connectivity index (χ0) is 22.1. The van der Waals surface area contributed by atoms with Crippen molar-refractivity contribution in [3.05, 3.63) is 46.7 Å². The van der Waals surface area contributed by atoms with Crippen LogP contribution in [0, 0.1) is 12.3 Å². The van der Waals surface area contributed by atoms with Gasteiger partial charge in [-0.25, -0.2) is 0 Å². The summed E-state index contributed by atoms with van der Waals surface area (Å²) in [5.41, 5.74) is 2.68. The first-order chi connectivity index (χ1) is 15.5. The van der Waals surface area contributed by atoms with Crippen molar-refractivity contribution >= 4 is 23.2 Å². The molecule has 1 aromatic carbocycles. The van der Waals surface area contributed by atoms with Gasteiger partial charge in [0.15, 0.2) is 10.7 Å². The van der Waals surface area contributed by atoms with Crippen molar-refractivity contribution in [2.75, 3.05) is 7.11 Å². The lowest BCUT2D eigenvalue weighted by Crippen LogP contribution is -2.56. The lowest BCUT2D eigenvalue weighted by Gasteiger charge is -2.46. The molecular formula is C24H28N4O3S. The minimum atomic E-state index is -0.835. The van der Waals surface area contributed by atoms with E-state index in [0.717, 1.165) is 37.7 Å². The van der Waals surface area contributed by atoms with E-state index in [-0.39, 0.29) is 24.0 Å². The van der Waals surface area contributed by atoms with Gasteiger partial charge in [0, 0.05) is 19.4 Å². The maximum atomic E-state index is 14.3. The van der Waals surface area contributed by atoms with Crippen molar-refractivity contribution in [3.8, 4) is 0 Å². The van der Waals surface area contributed by atoms with Crippen molar-refractivity contribution in [1.29, 1.82) is 0 Å². The molecule has 0 bridgehead atoms. The number of thiocarbonyl (C=S) groups is 1. The van der Waals surface area contributed by atoms with E-state index >= 15 is 0 Å². The molecule has 1 N–H and O–H groups in total. The van der Waals surface area contributed by atoms with Crippen molar-refractivity contribution in [2.45, 2.75) is 76.0 Å². The molecule has 6 rings (SSSR count). The summed E-state index contributed by atoms with van der Waals surface area (Å²) in [7, 11) is 1.78. The molecule has 3 fully saturated rings. The number of amides is 1. The number of nitrogens with one attached hydrogen (secondary N) is 1. The van der Waals surface area contributed by atoms with Gasteiger partial charge in [-0.15, -0.1) is 10.2 Å². The van der Waals surface area contributed by atoms with Crippen LogP contribution in [0.4, 0.5) is 0 Å². The molecule has 2 saturated carbocycles. The second kappa shape index (κ2) is 7.09. The van der Waals surface area contributed by atoms with Crippen LogP contribution in [0.1, 0.15) is 72.9 Å². The Morgan fingerprint density at radius 1 is 1.25 bits per heavy atom. The van der Waals surface area contributed by atoms with Crippen LogP contribution in [-0.2, 0) is 28.0 Å². The van der Waals surface area contributed by atoms with Gasteiger partial charge in [-0.3, -0.25) is 9.69 Å². The van der Waals surface area contributed by atoms with Gasteiger partial charge in [-0.1, -0.05) is 18.2 Å². The Kier molecular flexibility index (Phi) is 4.50. The molecule has 168 valence electrons. The number of aryl methyl sites for hydroxylation is 1. The van der Waals surface area contributed by atoms with Crippen LogP contribution in [0.2, 0.25) is 0 Å². The quantitative estimate of drug-likeness (QED) is 0.711. The topological polar surface area (TPSA) is 80.5 Å². The predicted octanol–water partition coefficient (Wildman–Crippen LogP) is 3.50. The molecule has 2 heterocycles. The third-order valence-corrected chi connectivity index (χ3v) is 8.42. The summed E-state index contributed by atoms with van der Waals surface area (Å²) >= 11 is 5.74. The third-order valence-electron chi connectivity index (χ3n) is 8.10. The summed E-state index contributed by atoms with van der Waals surface area (Å²) in [4.78, 5) is 15.9. The predicted molar refractivity (Wildman–Crippen MR) is 121 cm³/mol. The summed E-state index contributed by atoms with van der Waals surface area (Å²) < 4.78 is 11.2. The minimum absolute atomic E-state index is 0.0147. The van der Waals surface area contributed by atoms with E-state index in [2.05, 4.69) is 33.7 Å². The number of aromatic nitrogens is 2. The van der Waals surface area contributed by atoms with Crippen LogP contribution < -0.4 is 5.32 Å². The van der Waals surface area contributed by atoms with Crippen LogP contribution in [-0.4, -0.2) is 39.3 Å². The number of carbonyl (C=O) groups excluding carboxylic acids is 1. The van der Waals surface area contributed by atoms with E-state index in [0.29, 0.717) is 22.8 Å². The number of carbonyl (C=O) groups is 1. The molecule has 4 aliphatic rings. The molecule has 1 unspecified atom stereocenters. The van der Waals surface area contributed by atoms with Crippen molar-refractivity contribution in [1.82, 2.24) is 20.4 Å². The lowest BCUT2D eigenvalue weighted by molar-refractivity contribution is -0.139. The monoisotopic (exact) mass is 452 g/mol. The van der Waals surface area contributed by atoms with Gasteiger partial charge in [-0.05, 0) is 79.8 Å². The third kappa shape index (κ3) is 2.81. The number of hydrogen-bond acceptors (Lipinski definition) is 6. The van der Waals surface area contributed by atoms with E-state index < -0.39 is 5.54 Å². The Hall–Kier alpha value is -2.32. The largest absolute Gasteiger partial charge is 0.424 e. The average molecular weight is 453 g/mol. The molecule has 7 nitrogen and oxygen atoms in total. The van der Waals surface area contributed by atoms with Gasteiger partial charge >= 0.3 is 0 Å². The smallest absolute Gasteiger partial charge is 0.260 e. The fourth-order valence-corrected chi connectivity index (χ4v) is 6.58. The molecule has 3 aliphatic carbocycles. The fourth-order valence-electron chi connectivity index (χ4n) is 6.28. The summed E-state index contributed by atoms with van der Waals surface area (Å²) in [5, 5.41) is 12.0. The number of benzene rings is 1. The molecule has 2 aromatic rings. The molecular weight excluding hydrogens is 424 g/mol. The molecule has 1 saturated heterocycles. The highest BCUT2D eigenvalue weighted by Crippen LogP contribution is 2.60. The Balaban J connectivity index is 1.44. The van der Waals surface area contributed by atoms with Crippen molar-refractivity contribution in [2.24, 2.45) is 5.41 Å². The Morgan fingerprint density at radius 3 is 2.69 bits per heavy atom. The number of rotatable bonds is 4. The van der Waals surface area contributed by atoms with Gasteiger partial charge in [0.25, 0.3) is 5.91 Å². The SMILES string of the molecule is COC1CCC2(CC1)Cc1ccc(C3CC3)cc1C21NC(=S)N(Cc2nnc(C)o2)C1=O. The maximum Gasteiger partial charge on any atom is 0.260 e. The Morgan fingerprint density at radius 2 is 2.03 bits per heavy atom. The van der Waals surface area contributed by atoms with Gasteiger partial charge in [-0.2, -0.15) is 0 Å². The molecule has 1 amide bonds. The summed E-state index contributed by atoms with van der Waals surface area (Å²) in [6.45, 7) is 1.94. The molecule has 2 spiro atoms. The lowest BCUT2D eigenvalue weighted by atomic mass is 9.61. The van der Waals surface area contributed by atoms with Gasteiger partial charge in [0.2, 0.25) is 11.8 Å². The molecule has 32 heavy (non-hydrogen) atoms. The normalized spacial score (nSPS) is 31.6. The number of hydrogen-bond donors (Lipinski definition) is 1. The molecule has 1 aromatic heterocycles. The second-order valence-electron chi connectivity index (χ2n) is 9.87. The number of fused-ring (bicyclic) bond motifs is 3. The van der Waals surface area contributed by atoms with Crippen LogP contribution in [0.25, 0.3) is 0 Å². The summed E-state index contributed by atoms with van der Waals surface area (Å²) in [5.74, 6) is 1.52. The zero-order valence-electron chi connectivity index (χ0n) is 18.5. The molecule has 8 heteroatoms. The first-order valence-electron chi connectivity index (χ1n) is 11.5. The maximum absolute atomic E-state index is 14.3. The highest BCUT2D eigenvalue weighted by Gasteiger charge is 2.67. The van der Waals surface area contributed by atoms with Crippen molar-refractivity contribution < 1.29 is 13.9 Å². The highest BCUT2D eigenvalue weighted by atomic mass is 32.1. The van der Waals surface area contributed by atoms with E-state index in [1.807, 2.05) is 0 Å². The average Bonchev–Trinajstić information content (AvgIpc) is 3.45. The number of ether oxygens (including phenoxy) is 1.